The molecule has 0 spiro atoms. The predicted molar refractivity (Wildman–Crippen MR) is 70.5 cm³/mol. The number of benzene rings is 2. The van der Waals surface area contributed by atoms with E-state index >= 15 is 0 Å². The molecule has 2 rings (SSSR count). The number of anilines is 1. The van der Waals surface area contributed by atoms with Gasteiger partial charge in [0, 0.05) is 11.1 Å². The van der Waals surface area contributed by atoms with Crippen molar-refractivity contribution < 1.29 is 4.79 Å². The number of hydrogen-bond donors (Lipinski definition) is 1. The number of aryl methyl sites for hydroxylation is 1. The molecule has 0 heterocycles. The number of nitrogen functional groups attached to an aromatic ring is 1. The SMILES string of the molecule is Cc1ccc(C(=O)c2ccccc2)c(Cl)c1N. The maximum Gasteiger partial charge on any atom is 0.194 e. The van der Waals surface area contributed by atoms with Crippen molar-refractivity contribution in [1.82, 2.24) is 0 Å². The summed E-state index contributed by atoms with van der Waals surface area (Å²) in [4.78, 5) is 12.2. The van der Waals surface area contributed by atoms with Crippen LogP contribution in [0, 0.1) is 6.92 Å². The summed E-state index contributed by atoms with van der Waals surface area (Å²) in [5.74, 6) is -0.109. The van der Waals surface area contributed by atoms with E-state index < -0.39 is 0 Å². The summed E-state index contributed by atoms with van der Waals surface area (Å²) in [5.41, 5.74) is 8.21. The summed E-state index contributed by atoms with van der Waals surface area (Å²) < 4.78 is 0. The zero-order valence-corrected chi connectivity index (χ0v) is 10.2. The Kier molecular flexibility index (Phi) is 3.16. The van der Waals surface area contributed by atoms with E-state index in [2.05, 4.69) is 0 Å². The van der Waals surface area contributed by atoms with E-state index in [0.29, 0.717) is 21.8 Å². The van der Waals surface area contributed by atoms with Gasteiger partial charge in [0.05, 0.1) is 10.7 Å². The first-order chi connectivity index (χ1) is 8.11. The van der Waals surface area contributed by atoms with Crippen molar-refractivity contribution in [2.45, 2.75) is 6.92 Å². The molecule has 0 saturated carbocycles. The molecule has 0 saturated heterocycles. The number of nitrogens with two attached hydrogens (primary N) is 1. The third-order valence-corrected chi connectivity index (χ3v) is 3.09. The van der Waals surface area contributed by atoms with Crippen LogP contribution < -0.4 is 5.73 Å². The number of rotatable bonds is 2. The zero-order valence-electron chi connectivity index (χ0n) is 9.41. The Morgan fingerprint density at radius 3 is 2.41 bits per heavy atom. The zero-order chi connectivity index (χ0) is 12.4. The minimum atomic E-state index is -0.109. The Morgan fingerprint density at radius 2 is 1.76 bits per heavy atom. The first kappa shape index (κ1) is 11.7. The first-order valence-corrected chi connectivity index (χ1v) is 5.63. The molecule has 86 valence electrons. The van der Waals surface area contributed by atoms with Gasteiger partial charge in [-0.15, -0.1) is 0 Å². The molecule has 2 nitrogen and oxygen atoms in total. The molecule has 0 aliphatic heterocycles. The van der Waals surface area contributed by atoms with Gasteiger partial charge in [0.1, 0.15) is 0 Å². The van der Waals surface area contributed by atoms with Gasteiger partial charge in [-0.25, -0.2) is 0 Å². The largest absolute Gasteiger partial charge is 0.397 e. The predicted octanol–water partition coefficient (Wildman–Crippen LogP) is 3.46. The fraction of sp³-hybridized carbons (Fsp3) is 0.0714. The lowest BCUT2D eigenvalue weighted by atomic mass is 10.0. The summed E-state index contributed by atoms with van der Waals surface area (Å²) in [7, 11) is 0. The fourth-order valence-electron chi connectivity index (χ4n) is 1.61. The number of carbonyl (C=O) groups is 1. The molecule has 0 radical (unpaired) electrons. The Morgan fingerprint density at radius 1 is 1.12 bits per heavy atom. The quantitative estimate of drug-likeness (QED) is 0.650. The minimum Gasteiger partial charge on any atom is -0.397 e. The van der Waals surface area contributed by atoms with Gasteiger partial charge in [-0.05, 0) is 18.6 Å². The minimum absolute atomic E-state index is 0.109. The van der Waals surface area contributed by atoms with Crippen LogP contribution in [-0.2, 0) is 0 Å². The Hall–Kier alpha value is -1.80. The summed E-state index contributed by atoms with van der Waals surface area (Å²) in [6.45, 7) is 1.86. The van der Waals surface area contributed by atoms with E-state index in [0.717, 1.165) is 5.56 Å². The van der Waals surface area contributed by atoms with Crippen LogP contribution in [0.2, 0.25) is 5.02 Å². The summed E-state index contributed by atoms with van der Waals surface area (Å²) in [5, 5.41) is 0.332. The average Bonchev–Trinajstić information content (AvgIpc) is 2.36. The number of ketones is 1. The van der Waals surface area contributed by atoms with Crippen LogP contribution in [0.5, 0.6) is 0 Å². The van der Waals surface area contributed by atoms with Gasteiger partial charge in [-0.3, -0.25) is 4.79 Å². The smallest absolute Gasteiger partial charge is 0.194 e. The molecule has 0 aliphatic carbocycles. The molecule has 17 heavy (non-hydrogen) atoms. The molecule has 0 bridgehead atoms. The molecule has 0 atom stereocenters. The van der Waals surface area contributed by atoms with Crippen LogP contribution in [0.3, 0.4) is 0 Å². The molecular formula is C14H12ClNO. The molecule has 0 unspecified atom stereocenters. The summed E-state index contributed by atoms with van der Waals surface area (Å²) in [6, 6.07) is 12.5. The molecule has 0 aliphatic rings. The van der Waals surface area contributed by atoms with Crippen molar-refractivity contribution in [1.29, 1.82) is 0 Å². The van der Waals surface area contributed by atoms with E-state index in [1.165, 1.54) is 0 Å². The van der Waals surface area contributed by atoms with Crippen molar-refractivity contribution in [3.8, 4) is 0 Å². The highest BCUT2D eigenvalue weighted by Crippen LogP contribution is 2.28. The molecule has 0 aromatic heterocycles. The fourth-order valence-corrected chi connectivity index (χ4v) is 1.91. The van der Waals surface area contributed by atoms with Crippen LogP contribution in [0.15, 0.2) is 42.5 Å². The van der Waals surface area contributed by atoms with Gasteiger partial charge in [-0.2, -0.15) is 0 Å². The molecule has 2 aromatic rings. The van der Waals surface area contributed by atoms with Crippen LogP contribution in [0.4, 0.5) is 5.69 Å². The molecule has 0 amide bonds. The van der Waals surface area contributed by atoms with Gasteiger partial charge in [-0.1, -0.05) is 48.0 Å². The Labute approximate surface area is 105 Å². The lowest BCUT2D eigenvalue weighted by molar-refractivity contribution is 0.103. The van der Waals surface area contributed by atoms with Crippen molar-refractivity contribution in [2.75, 3.05) is 5.73 Å². The van der Waals surface area contributed by atoms with Crippen LogP contribution in [-0.4, -0.2) is 5.78 Å². The van der Waals surface area contributed by atoms with Gasteiger partial charge in [0.2, 0.25) is 0 Å². The Balaban J connectivity index is 2.49. The van der Waals surface area contributed by atoms with Crippen LogP contribution >= 0.6 is 11.6 Å². The van der Waals surface area contributed by atoms with Crippen molar-refractivity contribution in [3.05, 3.63) is 64.2 Å². The van der Waals surface area contributed by atoms with E-state index in [9.17, 15) is 4.79 Å². The molecule has 3 heteroatoms. The number of carbonyl (C=O) groups excluding carboxylic acids is 1. The highest BCUT2D eigenvalue weighted by atomic mass is 35.5. The van der Waals surface area contributed by atoms with Crippen molar-refractivity contribution in [2.24, 2.45) is 0 Å². The van der Waals surface area contributed by atoms with Gasteiger partial charge >= 0.3 is 0 Å². The third-order valence-electron chi connectivity index (χ3n) is 2.68. The average molecular weight is 246 g/mol. The highest BCUT2D eigenvalue weighted by Gasteiger charge is 2.15. The van der Waals surface area contributed by atoms with Crippen LogP contribution in [0.1, 0.15) is 21.5 Å². The second-order valence-corrected chi connectivity index (χ2v) is 4.23. The van der Waals surface area contributed by atoms with E-state index in [1.54, 1.807) is 24.3 Å². The number of halogens is 1. The summed E-state index contributed by atoms with van der Waals surface area (Å²) >= 11 is 6.10. The van der Waals surface area contributed by atoms with Gasteiger partial charge in [0.25, 0.3) is 0 Å². The molecule has 2 aromatic carbocycles. The van der Waals surface area contributed by atoms with Crippen molar-refractivity contribution >= 4 is 23.1 Å². The molecule has 0 fully saturated rings. The number of hydrogen-bond acceptors (Lipinski definition) is 2. The Bertz CT molecular complexity index is 564. The lowest BCUT2D eigenvalue weighted by Gasteiger charge is -2.08. The van der Waals surface area contributed by atoms with Crippen molar-refractivity contribution in [3.63, 3.8) is 0 Å². The standard InChI is InChI=1S/C14H12ClNO/c1-9-7-8-11(12(15)13(9)16)14(17)10-5-3-2-4-6-10/h2-8H,16H2,1H3. The second kappa shape index (κ2) is 4.60. The maximum absolute atomic E-state index is 12.2. The maximum atomic E-state index is 12.2. The lowest BCUT2D eigenvalue weighted by Crippen LogP contribution is -2.04. The van der Waals surface area contributed by atoms with Gasteiger partial charge < -0.3 is 5.73 Å². The normalized spacial score (nSPS) is 10.2. The van der Waals surface area contributed by atoms with E-state index in [4.69, 9.17) is 17.3 Å². The van der Waals surface area contributed by atoms with Crippen LogP contribution in [0.25, 0.3) is 0 Å². The first-order valence-electron chi connectivity index (χ1n) is 5.25. The molecule has 2 N–H and O–H groups in total. The third kappa shape index (κ3) is 2.17. The monoisotopic (exact) mass is 245 g/mol. The van der Waals surface area contributed by atoms with Gasteiger partial charge in [0.15, 0.2) is 5.78 Å². The highest BCUT2D eigenvalue weighted by molar-refractivity contribution is 6.37. The second-order valence-electron chi connectivity index (χ2n) is 3.85. The van der Waals surface area contributed by atoms with E-state index in [1.807, 2.05) is 25.1 Å². The summed E-state index contributed by atoms with van der Waals surface area (Å²) in [6.07, 6.45) is 0. The topological polar surface area (TPSA) is 43.1 Å². The molecular weight excluding hydrogens is 234 g/mol. The van der Waals surface area contributed by atoms with E-state index in [-0.39, 0.29) is 5.78 Å².